The zero-order valence-electron chi connectivity index (χ0n) is 9.74. The molecule has 3 atom stereocenters. The normalized spacial score (nSPS) is 33.2. The summed E-state index contributed by atoms with van der Waals surface area (Å²) in [7, 11) is 0. The minimum atomic E-state index is 0. The lowest BCUT2D eigenvalue weighted by Gasteiger charge is -2.40. The first kappa shape index (κ1) is 13.2. The summed E-state index contributed by atoms with van der Waals surface area (Å²) in [5.74, 6) is 0. The van der Waals surface area contributed by atoms with Crippen molar-refractivity contribution in [1.29, 1.82) is 0 Å². The minimum absolute atomic E-state index is 0. The van der Waals surface area contributed by atoms with Crippen LogP contribution in [0.2, 0.25) is 0 Å². The molecule has 15 heavy (non-hydrogen) atoms. The van der Waals surface area contributed by atoms with Crippen molar-refractivity contribution in [2.24, 2.45) is 0 Å². The fourth-order valence-electron chi connectivity index (χ4n) is 2.75. The molecular formula is C11H23ClN2O. The van der Waals surface area contributed by atoms with E-state index in [0.29, 0.717) is 12.1 Å². The molecule has 0 saturated carbocycles. The summed E-state index contributed by atoms with van der Waals surface area (Å²) in [6.07, 6.45) is 3.04. The number of nitrogens with zero attached hydrogens (tertiary/aromatic N) is 1. The molecular weight excluding hydrogens is 212 g/mol. The monoisotopic (exact) mass is 234 g/mol. The summed E-state index contributed by atoms with van der Waals surface area (Å²) in [5, 5.41) is 3.42. The zero-order chi connectivity index (χ0) is 9.97. The predicted octanol–water partition coefficient (Wildman–Crippen LogP) is 1.27. The number of ether oxygens (including phenoxy) is 1. The Morgan fingerprint density at radius 2 is 2.27 bits per heavy atom. The number of fused-ring (bicyclic) bond motifs is 1. The van der Waals surface area contributed by atoms with E-state index in [4.69, 9.17) is 4.74 Å². The van der Waals surface area contributed by atoms with Crippen molar-refractivity contribution in [3.05, 3.63) is 0 Å². The van der Waals surface area contributed by atoms with Gasteiger partial charge in [0.2, 0.25) is 0 Å². The molecule has 0 radical (unpaired) electrons. The second-order valence-electron chi connectivity index (χ2n) is 4.51. The molecule has 0 aromatic rings. The van der Waals surface area contributed by atoms with Gasteiger partial charge < -0.3 is 10.1 Å². The number of nitrogens with one attached hydrogen (secondary N) is 1. The first-order valence-corrected chi connectivity index (χ1v) is 5.91. The van der Waals surface area contributed by atoms with Crippen LogP contribution in [-0.2, 0) is 4.74 Å². The van der Waals surface area contributed by atoms with Crippen molar-refractivity contribution in [1.82, 2.24) is 10.2 Å². The van der Waals surface area contributed by atoms with Gasteiger partial charge in [-0.25, -0.2) is 0 Å². The Balaban J connectivity index is 0.00000112. The molecule has 90 valence electrons. The van der Waals surface area contributed by atoms with Crippen LogP contribution in [0.4, 0.5) is 0 Å². The molecule has 2 heterocycles. The van der Waals surface area contributed by atoms with E-state index in [-0.39, 0.29) is 12.4 Å². The average molecular weight is 235 g/mol. The number of hydrogen-bond acceptors (Lipinski definition) is 3. The molecule has 1 N–H and O–H groups in total. The van der Waals surface area contributed by atoms with Crippen molar-refractivity contribution >= 4 is 12.4 Å². The topological polar surface area (TPSA) is 24.5 Å². The van der Waals surface area contributed by atoms with E-state index >= 15 is 0 Å². The molecule has 0 spiro atoms. The lowest BCUT2D eigenvalue weighted by atomic mass is 10.1. The summed E-state index contributed by atoms with van der Waals surface area (Å²) >= 11 is 0. The van der Waals surface area contributed by atoms with Crippen LogP contribution in [0.1, 0.15) is 26.7 Å². The summed E-state index contributed by atoms with van der Waals surface area (Å²) in [5.41, 5.74) is 0. The quantitative estimate of drug-likeness (QED) is 0.796. The van der Waals surface area contributed by atoms with Crippen molar-refractivity contribution in [3.8, 4) is 0 Å². The van der Waals surface area contributed by atoms with E-state index in [0.717, 1.165) is 32.3 Å². The largest absolute Gasteiger partial charge is 0.374 e. The van der Waals surface area contributed by atoms with Crippen LogP contribution >= 0.6 is 12.4 Å². The first-order valence-electron chi connectivity index (χ1n) is 5.91. The summed E-state index contributed by atoms with van der Waals surface area (Å²) in [6.45, 7) is 8.80. The molecule has 2 aliphatic heterocycles. The summed E-state index contributed by atoms with van der Waals surface area (Å²) < 4.78 is 5.76. The van der Waals surface area contributed by atoms with Gasteiger partial charge in [-0.15, -0.1) is 12.4 Å². The fourth-order valence-corrected chi connectivity index (χ4v) is 2.75. The third-order valence-corrected chi connectivity index (χ3v) is 3.51. The second-order valence-corrected chi connectivity index (χ2v) is 4.51. The van der Waals surface area contributed by atoms with Gasteiger partial charge in [-0.2, -0.15) is 0 Å². The van der Waals surface area contributed by atoms with Crippen LogP contribution in [0.3, 0.4) is 0 Å². The Morgan fingerprint density at radius 1 is 1.47 bits per heavy atom. The lowest BCUT2D eigenvalue weighted by molar-refractivity contribution is -0.0617. The highest BCUT2D eigenvalue weighted by molar-refractivity contribution is 5.85. The number of morpholine rings is 1. The molecule has 0 aromatic heterocycles. The summed E-state index contributed by atoms with van der Waals surface area (Å²) in [6, 6.07) is 1.35. The Hall–Kier alpha value is 0.170. The number of hydrogen-bond donors (Lipinski definition) is 1. The Kier molecular flexibility index (Phi) is 5.33. The Labute approximate surface area is 99.0 Å². The lowest BCUT2D eigenvalue weighted by Crippen LogP contribution is -2.54. The molecule has 2 rings (SSSR count). The van der Waals surface area contributed by atoms with E-state index in [1.807, 2.05) is 0 Å². The average Bonchev–Trinajstić information content (AvgIpc) is 2.65. The van der Waals surface area contributed by atoms with Gasteiger partial charge in [0.25, 0.3) is 0 Å². The molecule has 0 aromatic carbocycles. The SMILES string of the molecule is CCCC(C)N1CCOC2CNCC21.Cl. The predicted molar refractivity (Wildman–Crippen MR) is 64.7 cm³/mol. The molecule has 2 aliphatic rings. The van der Waals surface area contributed by atoms with Gasteiger partial charge in [-0.05, 0) is 13.3 Å². The standard InChI is InChI=1S/C11H22N2O.ClH/c1-3-4-9(2)13-5-6-14-11-8-12-7-10(11)13;/h9-12H,3-8H2,1-2H3;1H. The van der Waals surface area contributed by atoms with E-state index in [1.54, 1.807) is 0 Å². The third-order valence-electron chi connectivity index (χ3n) is 3.51. The van der Waals surface area contributed by atoms with E-state index in [1.165, 1.54) is 12.8 Å². The third kappa shape index (κ3) is 2.84. The number of halogens is 1. The van der Waals surface area contributed by atoms with Crippen molar-refractivity contribution < 1.29 is 4.74 Å². The molecule has 3 unspecified atom stereocenters. The Bertz CT molecular complexity index is 191. The van der Waals surface area contributed by atoms with Crippen LogP contribution < -0.4 is 5.32 Å². The summed E-state index contributed by atoms with van der Waals surface area (Å²) in [4.78, 5) is 2.64. The first-order chi connectivity index (χ1) is 6.83. The second kappa shape index (κ2) is 6.04. The molecule has 2 fully saturated rings. The highest BCUT2D eigenvalue weighted by Crippen LogP contribution is 2.21. The van der Waals surface area contributed by atoms with Gasteiger partial charge >= 0.3 is 0 Å². The molecule has 2 saturated heterocycles. The highest BCUT2D eigenvalue weighted by Gasteiger charge is 2.37. The maximum atomic E-state index is 5.76. The Morgan fingerprint density at radius 3 is 3.00 bits per heavy atom. The van der Waals surface area contributed by atoms with E-state index in [9.17, 15) is 0 Å². The fraction of sp³-hybridized carbons (Fsp3) is 1.00. The molecule has 3 nitrogen and oxygen atoms in total. The molecule has 0 amide bonds. The maximum Gasteiger partial charge on any atom is 0.0867 e. The minimum Gasteiger partial charge on any atom is -0.374 e. The van der Waals surface area contributed by atoms with Gasteiger partial charge in [0.1, 0.15) is 0 Å². The van der Waals surface area contributed by atoms with E-state index < -0.39 is 0 Å². The van der Waals surface area contributed by atoms with Crippen LogP contribution in [0, 0.1) is 0 Å². The maximum absolute atomic E-state index is 5.76. The molecule has 0 aliphatic carbocycles. The molecule has 4 heteroatoms. The van der Waals surface area contributed by atoms with Crippen LogP contribution in [0.5, 0.6) is 0 Å². The number of rotatable bonds is 3. The molecule has 0 bridgehead atoms. The van der Waals surface area contributed by atoms with Gasteiger partial charge in [-0.3, -0.25) is 4.90 Å². The van der Waals surface area contributed by atoms with E-state index in [2.05, 4.69) is 24.1 Å². The van der Waals surface area contributed by atoms with Gasteiger partial charge in [0, 0.05) is 31.7 Å². The van der Waals surface area contributed by atoms with Crippen molar-refractivity contribution in [3.63, 3.8) is 0 Å². The highest BCUT2D eigenvalue weighted by atomic mass is 35.5. The van der Waals surface area contributed by atoms with Gasteiger partial charge in [0.05, 0.1) is 12.7 Å². The van der Waals surface area contributed by atoms with Crippen molar-refractivity contribution in [2.75, 3.05) is 26.2 Å². The van der Waals surface area contributed by atoms with Crippen molar-refractivity contribution in [2.45, 2.75) is 44.9 Å². The smallest absolute Gasteiger partial charge is 0.0867 e. The zero-order valence-corrected chi connectivity index (χ0v) is 10.6. The van der Waals surface area contributed by atoms with Crippen LogP contribution in [-0.4, -0.2) is 49.3 Å². The van der Waals surface area contributed by atoms with Crippen LogP contribution in [0.15, 0.2) is 0 Å². The van der Waals surface area contributed by atoms with Gasteiger partial charge in [0.15, 0.2) is 0 Å². The van der Waals surface area contributed by atoms with Crippen LogP contribution in [0.25, 0.3) is 0 Å². The van der Waals surface area contributed by atoms with Gasteiger partial charge in [-0.1, -0.05) is 13.3 Å².